The topological polar surface area (TPSA) is 53.8 Å². The second kappa shape index (κ2) is 9.19. The summed E-state index contributed by atoms with van der Waals surface area (Å²) >= 11 is 1.36. The minimum atomic E-state index is 0.0978. The summed E-state index contributed by atoms with van der Waals surface area (Å²) in [7, 11) is 0. The lowest BCUT2D eigenvalue weighted by molar-refractivity contribution is -0.107. The van der Waals surface area contributed by atoms with E-state index in [1.807, 2.05) is 44.2 Å². The van der Waals surface area contributed by atoms with Crippen molar-refractivity contribution in [3.8, 4) is 17.2 Å². The summed E-state index contributed by atoms with van der Waals surface area (Å²) in [4.78, 5) is 16.3. The molecule has 0 spiro atoms. The number of nitrogens with zero attached hydrogens (tertiary/aromatic N) is 2. The third-order valence-electron chi connectivity index (χ3n) is 3.99. The van der Waals surface area contributed by atoms with E-state index in [4.69, 9.17) is 0 Å². The molecule has 0 fully saturated rings. The Hall–Kier alpha value is -2.38. The highest BCUT2D eigenvalue weighted by Gasteiger charge is 2.11. The molecule has 0 saturated heterocycles. The van der Waals surface area contributed by atoms with Crippen LogP contribution in [0.25, 0.3) is 17.2 Å². The first-order valence-electron chi connectivity index (χ1n) is 8.37. The molecule has 3 nitrogen and oxygen atoms in total. The first-order chi connectivity index (χ1) is 12.1. The van der Waals surface area contributed by atoms with Gasteiger partial charge < -0.3 is 0 Å². The van der Waals surface area contributed by atoms with Gasteiger partial charge in [0.25, 0.3) is 0 Å². The van der Waals surface area contributed by atoms with E-state index in [0.717, 1.165) is 40.8 Å². The highest BCUT2D eigenvalue weighted by atomic mass is 32.2. The van der Waals surface area contributed by atoms with Gasteiger partial charge in [0.15, 0.2) is 0 Å². The molecule has 0 atom stereocenters. The largest absolute Gasteiger partial charge is 0.282 e. The highest BCUT2D eigenvalue weighted by Crippen LogP contribution is 2.29. The Morgan fingerprint density at radius 3 is 2.68 bits per heavy atom. The summed E-state index contributed by atoms with van der Waals surface area (Å²) in [5, 5.41) is 9.45. The quantitative estimate of drug-likeness (QED) is 0.517. The number of rotatable bonds is 6. The van der Waals surface area contributed by atoms with Crippen molar-refractivity contribution < 1.29 is 4.79 Å². The third kappa shape index (κ3) is 5.04. The van der Waals surface area contributed by atoms with Crippen LogP contribution in [-0.2, 0) is 4.79 Å². The van der Waals surface area contributed by atoms with E-state index in [2.05, 4.69) is 18.0 Å². The molecule has 0 unspecified atom stereocenters. The van der Waals surface area contributed by atoms with Gasteiger partial charge in [0, 0.05) is 23.7 Å². The number of nitriles is 1. The lowest BCUT2D eigenvalue weighted by Gasteiger charge is -2.11. The van der Waals surface area contributed by atoms with E-state index in [0.29, 0.717) is 11.1 Å². The predicted molar refractivity (Wildman–Crippen MR) is 105 cm³/mol. The van der Waals surface area contributed by atoms with Crippen molar-refractivity contribution in [2.75, 3.05) is 5.75 Å². The number of aromatic nitrogens is 1. The van der Waals surface area contributed by atoms with Crippen LogP contribution in [0.3, 0.4) is 0 Å². The van der Waals surface area contributed by atoms with Crippen molar-refractivity contribution in [1.82, 2.24) is 4.98 Å². The Morgan fingerprint density at radius 2 is 2.04 bits per heavy atom. The van der Waals surface area contributed by atoms with Gasteiger partial charge in [0.05, 0.1) is 11.6 Å². The maximum Gasteiger partial charge on any atom is 0.215 e. The van der Waals surface area contributed by atoms with Crippen LogP contribution in [0, 0.1) is 18.3 Å². The van der Waals surface area contributed by atoms with Crippen LogP contribution in [0.2, 0.25) is 0 Å². The minimum Gasteiger partial charge on any atom is -0.282 e. The van der Waals surface area contributed by atoms with Gasteiger partial charge in [-0.15, -0.1) is 0 Å². The first kappa shape index (κ1) is 19.0. The maximum absolute atomic E-state index is 12.3. The molecule has 0 bridgehead atoms. The molecular formula is C21H22N2OS. The van der Waals surface area contributed by atoms with Gasteiger partial charge in [0.1, 0.15) is 0 Å². The molecule has 2 rings (SSSR count). The number of thioether (sulfide) groups is 1. The van der Waals surface area contributed by atoms with E-state index in [-0.39, 0.29) is 5.12 Å². The molecule has 1 aromatic carbocycles. The maximum atomic E-state index is 12.3. The van der Waals surface area contributed by atoms with Gasteiger partial charge in [0.2, 0.25) is 5.12 Å². The van der Waals surface area contributed by atoms with Gasteiger partial charge in [-0.1, -0.05) is 25.1 Å². The third-order valence-corrected chi connectivity index (χ3v) is 5.07. The number of unbranched alkanes of at least 4 members (excludes halogenated alkanes) is 1. The minimum absolute atomic E-state index is 0.0978. The van der Waals surface area contributed by atoms with Gasteiger partial charge in [-0.25, -0.2) is 0 Å². The molecule has 4 heteroatoms. The standard InChI is InChI=1S/C21H22N2OS/c1-4-5-10-25-21(24)15(2)11-19-12-17(14-22)13-20(16(19)3)18-6-8-23-9-7-18/h6-9,11-13H,4-5,10H2,1-3H3/b15-11+. The lowest BCUT2D eigenvalue weighted by atomic mass is 9.93. The summed E-state index contributed by atoms with van der Waals surface area (Å²) in [6.45, 7) is 5.97. The normalized spacial score (nSPS) is 11.2. The van der Waals surface area contributed by atoms with Crippen LogP contribution in [0.1, 0.15) is 43.4 Å². The molecule has 0 N–H and O–H groups in total. The first-order valence-corrected chi connectivity index (χ1v) is 9.36. The van der Waals surface area contributed by atoms with E-state index >= 15 is 0 Å². The Kier molecular flexibility index (Phi) is 6.97. The number of carbonyl (C=O) groups is 1. The van der Waals surface area contributed by atoms with Crippen LogP contribution >= 0.6 is 11.8 Å². The zero-order chi connectivity index (χ0) is 18.2. The zero-order valence-electron chi connectivity index (χ0n) is 14.9. The summed E-state index contributed by atoms with van der Waals surface area (Å²) in [5.74, 6) is 0.847. The van der Waals surface area contributed by atoms with Crippen molar-refractivity contribution in [1.29, 1.82) is 5.26 Å². The summed E-state index contributed by atoms with van der Waals surface area (Å²) in [6.07, 6.45) is 7.49. The van der Waals surface area contributed by atoms with Crippen molar-refractivity contribution in [2.24, 2.45) is 0 Å². The van der Waals surface area contributed by atoms with Crippen molar-refractivity contribution in [3.63, 3.8) is 0 Å². The summed E-state index contributed by atoms with van der Waals surface area (Å²) in [5.41, 5.74) is 5.26. The van der Waals surface area contributed by atoms with Crippen molar-refractivity contribution in [2.45, 2.75) is 33.6 Å². The Balaban J connectivity index is 2.39. The zero-order valence-corrected chi connectivity index (χ0v) is 15.7. The fraction of sp³-hybridized carbons (Fsp3) is 0.286. The molecule has 0 aliphatic carbocycles. The molecular weight excluding hydrogens is 328 g/mol. The Bertz CT molecular complexity index is 820. The Labute approximate surface area is 153 Å². The van der Waals surface area contributed by atoms with E-state index in [1.165, 1.54) is 11.8 Å². The number of benzene rings is 1. The molecule has 2 aromatic rings. The molecule has 0 saturated carbocycles. The van der Waals surface area contributed by atoms with Gasteiger partial charge >= 0.3 is 0 Å². The molecule has 25 heavy (non-hydrogen) atoms. The van der Waals surface area contributed by atoms with E-state index in [9.17, 15) is 10.1 Å². The second-order valence-electron chi connectivity index (χ2n) is 5.90. The summed E-state index contributed by atoms with van der Waals surface area (Å²) in [6, 6.07) is 9.79. The fourth-order valence-electron chi connectivity index (χ4n) is 2.50. The predicted octanol–water partition coefficient (Wildman–Crippen LogP) is 5.39. The molecule has 128 valence electrons. The number of hydrogen-bond donors (Lipinski definition) is 0. The van der Waals surface area contributed by atoms with Crippen molar-refractivity contribution in [3.05, 3.63) is 58.9 Å². The molecule has 1 heterocycles. The van der Waals surface area contributed by atoms with Crippen LogP contribution < -0.4 is 0 Å². The molecule has 0 aliphatic rings. The van der Waals surface area contributed by atoms with Crippen LogP contribution in [0.15, 0.2) is 42.2 Å². The SMILES string of the molecule is CCCCSC(=O)/C(C)=C/c1cc(C#N)cc(-c2ccncc2)c1C. The van der Waals surface area contributed by atoms with Crippen LogP contribution in [0.5, 0.6) is 0 Å². The number of hydrogen-bond acceptors (Lipinski definition) is 4. The van der Waals surface area contributed by atoms with E-state index in [1.54, 1.807) is 12.4 Å². The Morgan fingerprint density at radius 1 is 1.32 bits per heavy atom. The smallest absolute Gasteiger partial charge is 0.215 e. The highest BCUT2D eigenvalue weighted by molar-refractivity contribution is 8.14. The van der Waals surface area contributed by atoms with Gasteiger partial charge in [-0.05, 0) is 72.9 Å². The molecule has 0 aliphatic heterocycles. The van der Waals surface area contributed by atoms with Crippen molar-refractivity contribution >= 4 is 23.0 Å². The monoisotopic (exact) mass is 350 g/mol. The van der Waals surface area contributed by atoms with Crippen LogP contribution in [0.4, 0.5) is 0 Å². The average Bonchev–Trinajstić information content (AvgIpc) is 2.64. The molecule has 0 amide bonds. The molecule has 0 radical (unpaired) electrons. The fourth-order valence-corrected chi connectivity index (χ4v) is 3.40. The second-order valence-corrected chi connectivity index (χ2v) is 6.97. The average molecular weight is 350 g/mol. The van der Waals surface area contributed by atoms with E-state index < -0.39 is 0 Å². The number of carbonyl (C=O) groups excluding carboxylic acids is 1. The summed E-state index contributed by atoms with van der Waals surface area (Å²) < 4.78 is 0. The lowest BCUT2D eigenvalue weighted by Crippen LogP contribution is -1.97. The molecule has 1 aromatic heterocycles. The van der Waals surface area contributed by atoms with Gasteiger partial charge in [-0.3, -0.25) is 9.78 Å². The number of pyridine rings is 1. The van der Waals surface area contributed by atoms with Gasteiger partial charge in [-0.2, -0.15) is 5.26 Å². The van der Waals surface area contributed by atoms with Crippen LogP contribution in [-0.4, -0.2) is 15.9 Å².